The zero-order valence-electron chi connectivity index (χ0n) is 12.2. The van der Waals surface area contributed by atoms with Crippen molar-refractivity contribution in [3.8, 4) is 5.75 Å². The molecule has 0 aliphatic heterocycles. The molecule has 2 heteroatoms. The van der Waals surface area contributed by atoms with Crippen molar-refractivity contribution in [2.75, 3.05) is 7.11 Å². The van der Waals surface area contributed by atoms with E-state index in [0.29, 0.717) is 0 Å². The van der Waals surface area contributed by atoms with E-state index in [1.165, 1.54) is 0 Å². The van der Waals surface area contributed by atoms with Crippen LogP contribution in [0.2, 0.25) is 0 Å². The molecule has 2 nitrogen and oxygen atoms in total. The predicted octanol–water partition coefficient (Wildman–Crippen LogP) is 4.32. The SMILES string of the molecule is COc1ccc(C(=O)[C@@H](c2ccccc2)C(C)C)cc1. The second-order valence-electron chi connectivity index (χ2n) is 5.23. The molecule has 0 unspecified atom stereocenters. The fraction of sp³-hybridized carbons (Fsp3) is 0.278. The number of carbonyl (C=O) groups is 1. The number of benzene rings is 2. The molecule has 2 aromatic carbocycles. The Morgan fingerprint density at radius 1 is 0.950 bits per heavy atom. The Bertz CT molecular complexity index is 556. The summed E-state index contributed by atoms with van der Waals surface area (Å²) in [6.45, 7) is 4.16. The lowest BCUT2D eigenvalue weighted by atomic mass is 9.82. The Hall–Kier alpha value is -2.09. The Balaban J connectivity index is 2.32. The first kappa shape index (κ1) is 14.3. The van der Waals surface area contributed by atoms with Gasteiger partial charge in [-0.15, -0.1) is 0 Å². The molecule has 0 spiro atoms. The van der Waals surface area contributed by atoms with Gasteiger partial charge in [0.1, 0.15) is 5.75 Å². The summed E-state index contributed by atoms with van der Waals surface area (Å²) in [5.41, 5.74) is 1.80. The summed E-state index contributed by atoms with van der Waals surface area (Å²) in [7, 11) is 1.62. The molecule has 2 aromatic rings. The van der Waals surface area contributed by atoms with Gasteiger partial charge in [0.25, 0.3) is 0 Å². The first-order valence-electron chi connectivity index (χ1n) is 6.86. The maximum atomic E-state index is 12.7. The van der Waals surface area contributed by atoms with Crippen LogP contribution < -0.4 is 4.74 Å². The van der Waals surface area contributed by atoms with Crippen molar-refractivity contribution in [1.29, 1.82) is 0 Å². The molecule has 20 heavy (non-hydrogen) atoms. The van der Waals surface area contributed by atoms with E-state index in [1.807, 2.05) is 54.6 Å². The lowest BCUT2D eigenvalue weighted by molar-refractivity contribution is 0.0938. The molecule has 0 aromatic heterocycles. The third-order valence-corrected chi connectivity index (χ3v) is 3.48. The van der Waals surface area contributed by atoms with Crippen LogP contribution in [-0.2, 0) is 0 Å². The summed E-state index contributed by atoms with van der Waals surface area (Å²) in [4.78, 5) is 12.7. The van der Waals surface area contributed by atoms with Crippen LogP contribution in [0, 0.1) is 5.92 Å². The highest BCUT2D eigenvalue weighted by atomic mass is 16.5. The van der Waals surface area contributed by atoms with Gasteiger partial charge in [-0.2, -0.15) is 0 Å². The lowest BCUT2D eigenvalue weighted by Gasteiger charge is -2.20. The van der Waals surface area contributed by atoms with Crippen molar-refractivity contribution in [2.45, 2.75) is 19.8 Å². The Morgan fingerprint density at radius 2 is 1.55 bits per heavy atom. The van der Waals surface area contributed by atoms with E-state index in [0.717, 1.165) is 16.9 Å². The first-order valence-corrected chi connectivity index (χ1v) is 6.86. The molecule has 0 aliphatic carbocycles. The van der Waals surface area contributed by atoms with Crippen LogP contribution in [0.15, 0.2) is 54.6 Å². The number of Topliss-reactive ketones (excluding diaryl/α,β-unsaturated/α-hetero) is 1. The maximum absolute atomic E-state index is 12.7. The fourth-order valence-corrected chi connectivity index (χ4v) is 2.43. The van der Waals surface area contributed by atoms with Crippen LogP contribution in [0.5, 0.6) is 5.75 Å². The molecular weight excluding hydrogens is 248 g/mol. The van der Waals surface area contributed by atoms with Crippen LogP contribution in [0.25, 0.3) is 0 Å². The summed E-state index contributed by atoms with van der Waals surface area (Å²) in [6, 6.07) is 17.3. The molecule has 0 fully saturated rings. The third kappa shape index (κ3) is 3.08. The average molecular weight is 268 g/mol. The van der Waals surface area contributed by atoms with Crippen molar-refractivity contribution in [3.05, 3.63) is 65.7 Å². The molecule has 0 saturated carbocycles. The number of hydrogen-bond donors (Lipinski definition) is 0. The van der Waals surface area contributed by atoms with E-state index in [1.54, 1.807) is 7.11 Å². The number of rotatable bonds is 5. The van der Waals surface area contributed by atoms with Gasteiger partial charge in [-0.25, -0.2) is 0 Å². The van der Waals surface area contributed by atoms with Gasteiger partial charge in [-0.1, -0.05) is 44.2 Å². The minimum absolute atomic E-state index is 0.107. The fourth-order valence-electron chi connectivity index (χ4n) is 2.43. The smallest absolute Gasteiger partial charge is 0.170 e. The van der Waals surface area contributed by atoms with Gasteiger partial charge < -0.3 is 4.74 Å². The summed E-state index contributed by atoms with van der Waals surface area (Å²) >= 11 is 0. The van der Waals surface area contributed by atoms with Crippen molar-refractivity contribution < 1.29 is 9.53 Å². The van der Waals surface area contributed by atoms with Crippen LogP contribution >= 0.6 is 0 Å². The summed E-state index contributed by atoms with van der Waals surface area (Å²) in [6.07, 6.45) is 0. The molecule has 0 aliphatic rings. The van der Waals surface area contributed by atoms with Gasteiger partial charge in [-0.3, -0.25) is 4.79 Å². The summed E-state index contributed by atoms with van der Waals surface area (Å²) in [5, 5.41) is 0. The van der Waals surface area contributed by atoms with Crippen LogP contribution in [0.3, 0.4) is 0 Å². The van der Waals surface area contributed by atoms with Crippen molar-refractivity contribution in [1.82, 2.24) is 0 Å². The molecular formula is C18H20O2. The number of ether oxygens (including phenoxy) is 1. The Kier molecular flexibility index (Phi) is 4.57. The van der Waals surface area contributed by atoms with E-state index in [9.17, 15) is 4.79 Å². The van der Waals surface area contributed by atoms with E-state index in [4.69, 9.17) is 4.74 Å². The number of methoxy groups -OCH3 is 1. The highest BCUT2D eigenvalue weighted by molar-refractivity contribution is 6.01. The molecule has 0 heterocycles. The Labute approximate surface area is 120 Å². The van der Waals surface area contributed by atoms with Crippen molar-refractivity contribution >= 4 is 5.78 Å². The maximum Gasteiger partial charge on any atom is 0.170 e. The Morgan fingerprint density at radius 3 is 2.05 bits per heavy atom. The number of hydrogen-bond acceptors (Lipinski definition) is 2. The van der Waals surface area contributed by atoms with Crippen molar-refractivity contribution in [2.24, 2.45) is 5.92 Å². The van der Waals surface area contributed by atoms with E-state index in [-0.39, 0.29) is 17.6 Å². The standard InChI is InChI=1S/C18H20O2/c1-13(2)17(14-7-5-4-6-8-14)18(19)15-9-11-16(20-3)12-10-15/h4-13,17H,1-3H3/t17-/m1/s1. The zero-order valence-corrected chi connectivity index (χ0v) is 12.2. The highest BCUT2D eigenvalue weighted by Crippen LogP contribution is 2.28. The zero-order chi connectivity index (χ0) is 14.5. The van der Waals surface area contributed by atoms with Crippen molar-refractivity contribution in [3.63, 3.8) is 0 Å². The van der Waals surface area contributed by atoms with Crippen LogP contribution in [-0.4, -0.2) is 12.9 Å². The van der Waals surface area contributed by atoms with Crippen LogP contribution in [0.1, 0.15) is 35.7 Å². The van der Waals surface area contributed by atoms with E-state index in [2.05, 4.69) is 13.8 Å². The lowest BCUT2D eigenvalue weighted by Crippen LogP contribution is -2.18. The summed E-state index contributed by atoms with van der Waals surface area (Å²) < 4.78 is 5.13. The second kappa shape index (κ2) is 6.38. The van der Waals surface area contributed by atoms with Gasteiger partial charge in [-0.05, 0) is 35.7 Å². The molecule has 2 rings (SSSR count). The van der Waals surface area contributed by atoms with Gasteiger partial charge in [0.15, 0.2) is 5.78 Å². The second-order valence-corrected chi connectivity index (χ2v) is 5.23. The topological polar surface area (TPSA) is 26.3 Å². The normalized spacial score (nSPS) is 12.2. The van der Waals surface area contributed by atoms with Gasteiger partial charge in [0.2, 0.25) is 0 Å². The average Bonchev–Trinajstić information content (AvgIpc) is 2.48. The largest absolute Gasteiger partial charge is 0.497 e. The van der Waals surface area contributed by atoms with E-state index < -0.39 is 0 Å². The van der Waals surface area contributed by atoms with Crippen LogP contribution in [0.4, 0.5) is 0 Å². The highest BCUT2D eigenvalue weighted by Gasteiger charge is 2.24. The molecule has 0 bridgehead atoms. The molecule has 0 saturated heterocycles. The number of ketones is 1. The minimum Gasteiger partial charge on any atom is -0.497 e. The first-order chi connectivity index (χ1) is 9.63. The van der Waals surface area contributed by atoms with Gasteiger partial charge >= 0.3 is 0 Å². The monoisotopic (exact) mass is 268 g/mol. The van der Waals surface area contributed by atoms with E-state index >= 15 is 0 Å². The quantitative estimate of drug-likeness (QED) is 0.755. The molecule has 1 atom stereocenters. The van der Waals surface area contributed by atoms with Gasteiger partial charge in [0, 0.05) is 11.5 Å². The van der Waals surface area contributed by atoms with Gasteiger partial charge in [0.05, 0.1) is 7.11 Å². The molecule has 0 amide bonds. The molecule has 0 radical (unpaired) electrons. The minimum atomic E-state index is -0.107. The molecule has 0 N–H and O–H groups in total. The summed E-state index contributed by atoms with van der Waals surface area (Å²) in [5.74, 6) is 1.08. The predicted molar refractivity (Wildman–Crippen MR) is 81.3 cm³/mol. The molecule has 104 valence electrons. The number of carbonyl (C=O) groups excluding carboxylic acids is 1. The third-order valence-electron chi connectivity index (χ3n) is 3.48.